The first-order valence-electron chi connectivity index (χ1n) is 10.2. The van der Waals surface area contributed by atoms with Crippen molar-refractivity contribution in [2.24, 2.45) is 0 Å². The van der Waals surface area contributed by atoms with Crippen LogP contribution in [0.3, 0.4) is 0 Å². The van der Waals surface area contributed by atoms with Crippen LogP contribution in [0.1, 0.15) is 33.5 Å². The second-order valence-electron chi connectivity index (χ2n) is 8.30. The lowest BCUT2D eigenvalue weighted by Crippen LogP contribution is -2.50. The van der Waals surface area contributed by atoms with Crippen LogP contribution in [0.5, 0.6) is 0 Å². The standard InChI is InChI=1S/C22H26F3N5O2/c1-5-6-17-27-18(26-14-11-15(23)20(25)16(24)12-14)13-19(28-17)29-7-9-30(10-8-29)21(31)32-22(2,3)4/h5-6,11-13H,7-10H2,1-4H3,(H,26,27,28). The van der Waals surface area contributed by atoms with Crippen LogP contribution >= 0.6 is 0 Å². The largest absolute Gasteiger partial charge is 0.444 e. The highest BCUT2D eigenvalue weighted by Crippen LogP contribution is 2.24. The third kappa shape index (κ3) is 5.89. The van der Waals surface area contributed by atoms with E-state index in [0.29, 0.717) is 43.6 Å². The van der Waals surface area contributed by atoms with E-state index in [4.69, 9.17) is 4.74 Å². The Hall–Kier alpha value is -3.30. The average molecular weight is 449 g/mol. The minimum atomic E-state index is -1.53. The van der Waals surface area contributed by atoms with Crippen LogP contribution in [0, 0.1) is 17.5 Å². The molecule has 3 rings (SSSR count). The maximum absolute atomic E-state index is 13.6. The number of carbonyl (C=O) groups is 1. The number of allylic oxidation sites excluding steroid dienone is 1. The van der Waals surface area contributed by atoms with Crippen molar-refractivity contribution >= 4 is 29.5 Å². The zero-order valence-corrected chi connectivity index (χ0v) is 18.5. The molecule has 2 aromatic rings. The number of benzene rings is 1. The summed E-state index contributed by atoms with van der Waals surface area (Å²) in [6, 6.07) is 3.35. The number of ether oxygens (including phenoxy) is 1. The average Bonchev–Trinajstić information content (AvgIpc) is 2.71. The lowest BCUT2D eigenvalue weighted by Gasteiger charge is -2.36. The van der Waals surface area contributed by atoms with Gasteiger partial charge in [0.05, 0.1) is 0 Å². The summed E-state index contributed by atoms with van der Waals surface area (Å²) in [6.07, 6.45) is 3.09. The highest BCUT2D eigenvalue weighted by atomic mass is 19.2. The Morgan fingerprint density at radius 2 is 1.69 bits per heavy atom. The molecule has 0 atom stereocenters. The third-order valence-corrected chi connectivity index (χ3v) is 4.56. The molecule has 1 aliphatic rings. The molecule has 0 saturated carbocycles. The first kappa shape index (κ1) is 23.4. The van der Waals surface area contributed by atoms with Crippen molar-refractivity contribution in [2.45, 2.75) is 33.3 Å². The minimum absolute atomic E-state index is 0.0206. The van der Waals surface area contributed by atoms with Gasteiger partial charge in [0.25, 0.3) is 0 Å². The predicted octanol–water partition coefficient (Wildman–Crippen LogP) is 4.73. The number of nitrogens with zero attached hydrogens (tertiary/aromatic N) is 4. The molecule has 1 aromatic carbocycles. The first-order chi connectivity index (χ1) is 15.1. The lowest BCUT2D eigenvalue weighted by atomic mass is 10.2. The number of halogens is 3. The lowest BCUT2D eigenvalue weighted by molar-refractivity contribution is 0.0240. The second-order valence-corrected chi connectivity index (χ2v) is 8.30. The Labute approximate surface area is 184 Å². The van der Waals surface area contributed by atoms with Crippen molar-refractivity contribution in [3.8, 4) is 0 Å². The molecular formula is C22H26F3N5O2. The van der Waals surface area contributed by atoms with Gasteiger partial charge in [-0.15, -0.1) is 0 Å². The molecule has 10 heteroatoms. The van der Waals surface area contributed by atoms with Gasteiger partial charge in [-0.3, -0.25) is 0 Å². The highest BCUT2D eigenvalue weighted by molar-refractivity contribution is 5.69. The zero-order valence-electron chi connectivity index (χ0n) is 18.5. The van der Waals surface area contributed by atoms with Crippen LogP contribution in [0.2, 0.25) is 0 Å². The van der Waals surface area contributed by atoms with E-state index in [0.717, 1.165) is 12.1 Å². The van der Waals surface area contributed by atoms with Gasteiger partial charge in [-0.05, 0) is 33.8 Å². The van der Waals surface area contributed by atoms with Crippen molar-refractivity contribution in [3.05, 3.63) is 47.6 Å². The molecule has 1 fully saturated rings. The monoisotopic (exact) mass is 449 g/mol. The summed E-state index contributed by atoms with van der Waals surface area (Å²) in [6.45, 7) is 9.21. The number of nitrogens with one attached hydrogen (secondary N) is 1. The normalized spacial score (nSPS) is 14.7. The van der Waals surface area contributed by atoms with Gasteiger partial charge in [-0.25, -0.2) is 27.9 Å². The summed E-state index contributed by atoms with van der Waals surface area (Å²) in [5.74, 6) is -2.85. The summed E-state index contributed by atoms with van der Waals surface area (Å²) >= 11 is 0. The molecule has 1 N–H and O–H groups in total. The molecule has 2 heterocycles. The fourth-order valence-corrected chi connectivity index (χ4v) is 3.12. The quantitative estimate of drug-likeness (QED) is 0.681. The Morgan fingerprint density at radius 3 is 2.25 bits per heavy atom. The summed E-state index contributed by atoms with van der Waals surface area (Å²) in [7, 11) is 0. The van der Waals surface area contributed by atoms with E-state index in [1.807, 2.05) is 32.6 Å². The number of hydrogen-bond donors (Lipinski definition) is 1. The molecule has 0 unspecified atom stereocenters. The van der Waals surface area contributed by atoms with Crippen LogP contribution < -0.4 is 10.2 Å². The van der Waals surface area contributed by atoms with Crippen molar-refractivity contribution in [1.29, 1.82) is 0 Å². The molecule has 0 radical (unpaired) electrons. The smallest absolute Gasteiger partial charge is 0.410 e. The van der Waals surface area contributed by atoms with E-state index in [-0.39, 0.29) is 11.8 Å². The van der Waals surface area contributed by atoms with Crippen LogP contribution in [0.4, 0.5) is 35.3 Å². The number of anilines is 3. The van der Waals surface area contributed by atoms with Gasteiger partial charge in [0.2, 0.25) is 0 Å². The molecule has 172 valence electrons. The Morgan fingerprint density at radius 1 is 1.06 bits per heavy atom. The molecule has 1 amide bonds. The Balaban J connectivity index is 1.78. The zero-order chi connectivity index (χ0) is 23.5. The molecule has 32 heavy (non-hydrogen) atoms. The fraction of sp³-hybridized carbons (Fsp3) is 0.409. The first-order valence-corrected chi connectivity index (χ1v) is 10.2. The van der Waals surface area contributed by atoms with Gasteiger partial charge in [-0.2, -0.15) is 0 Å². The maximum atomic E-state index is 13.6. The number of aromatic nitrogens is 2. The summed E-state index contributed by atoms with van der Waals surface area (Å²) in [4.78, 5) is 24.7. The molecule has 1 aromatic heterocycles. The maximum Gasteiger partial charge on any atom is 0.410 e. The van der Waals surface area contributed by atoms with E-state index in [1.165, 1.54) is 0 Å². The van der Waals surface area contributed by atoms with Gasteiger partial charge in [0.1, 0.15) is 17.2 Å². The summed E-state index contributed by atoms with van der Waals surface area (Å²) in [5, 5.41) is 2.80. The SMILES string of the molecule is CC=Cc1nc(Nc2cc(F)c(F)c(F)c2)cc(N2CCN(C(=O)OC(C)(C)C)CC2)n1. The molecular weight excluding hydrogens is 423 g/mol. The topological polar surface area (TPSA) is 70.6 Å². The van der Waals surface area contributed by atoms with Crippen LogP contribution in [-0.4, -0.2) is 52.7 Å². The molecule has 0 bridgehead atoms. The van der Waals surface area contributed by atoms with E-state index in [2.05, 4.69) is 15.3 Å². The molecule has 0 aliphatic carbocycles. The predicted molar refractivity (Wildman–Crippen MR) is 116 cm³/mol. The van der Waals surface area contributed by atoms with E-state index >= 15 is 0 Å². The number of amides is 1. The van der Waals surface area contributed by atoms with Crippen molar-refractivity contribution < 1.29 is 22.7 Å². The van der Waals surface area contributed by atoms with Gasteiger partial charge in [0, 0.05) is 50.1 Å². The second kappa shape index (κ2) is 9.46. The molecule has 1 saturated heterocycles. The van der Waals surface area contributed by atoms with Gasteiger partial charge < -0.3 is 19.9 Å². The summed E-state index contributed by atoms with van der Waals surface area (Å²) < 4.78 is 45.8. The highest BCUT2D eigenvalue weighted by Gasteiger charge is 2.26. The number of rotatable bonds is 4. The van der Waals surface area contributed by atoms with Crippen LogP contribution in [-0.2, 0) is 4.74 Å². The van der Waals surface area contributed by atoms with Crippen LogP contribution in [0.15, 0.2) is 24.3 Å². The molecule has 7 nitrogen and oxygen atoms in total. The van der Waals surface area contributed by atoms with Gasteiger partial charge in [0.15, 0.2) is 23.3 Å². The number of hydrogen-bond acceptors (Lipinski definition) is 6. The van der Waals surface area contributed by atoms with E-state index < -0.39 is 23.1 Å². The van der Waals surface area contributed by atoms with Crippen LogP contribution in [0.25, 0.3) is 6.08 Å². The third-order valence-electron chi connectivity index (χ3n) is 4.56. The van der Waals surface area contributed by atoms with E-state index in [1.54, 1.807) is 23.1 Å². The fourth-order valence-electron chi connectivity index (χ4n) is 3.12. The summed E-state index contributed by atoms with van der Waals surface area (Å²) in [5.41, 5.74) is -0.547. The van der Waals surface area contributed by atoms with Gasteiger partial charge in [-0.1, -0.05) is 6.08 Å². The van der Waals surface area contributed by atoms with Crippen molar-refractivity contribution in [2.75, 3.05) is 36.4 Å². The molecule has 0 spiro atoms. The number of carbonyl (C=O) groups excluding carboxylic acids is 1. The minimum Gasteiger partial charge on any atom is -0.444 e. The van der Waals surface area contributed by atoms with Crippen molar-refractivity contribution in [1.82, 2.24) is 14.9 Å². The Kier molecular flexibility index (Phi) is 6.90. The van der Waals surface area contributed by atoms with Gasteiger partial charge >= 0.3 is 6.09 Å². The Bertz CT molecular complexity index is 992. The molecule has 1 aliphatic heterocycles. The van der Waals surface area contributed by atoms with Crippen molar-refractivity contribution in [3.63, 3.8) is 0 Å². The van der Waals surface area contributed by atoms with E-state index in [9.17, 15) is 18.0 Å². The number of piperazine rings is 1.